The van der Waals surface area contributed by atoms with E-state index in [0.717, 1.165) is 29.1 Å². The van der Waals surface area contributed by atoms with Crippen LogP contribution in [0.25, 0.3) is 0 Å². The molecule has 0 spiro atoms. The summed E-state index contributed by atoms with van der Waals surface area (Å²) >= 11 is 2.94. The highest BCUT2D eigenvalue weighted by molar-refractivity contribution is 9.10. The van der Waals surface area contributed by atoms with E-state index in [1.165, 1.54) is 0 Å². The Morgan fingerprint density at radius 3 is 2.61 bits per heavy atom. The first-order chi connectivity index (χ1) is 8.49. The maximum absolute atomic E-state index is 13.6. The van der Waals surface area contributed by atoms with Crippen molar-refractivity contribution in [2.45, 2.75) is 20.4 Å². The van der Waals surface area contributed by atoms with Crippen LogP contribution < -0.4 is 5.32 Å². The smallest absolute Gasteiger partial charge is 0.147 e. The van der Waals surface area contributed by atoms with E-state index in [1.54, 1.807) is 0 Å². The Hall–Kier alpha value is -1.43. The fourth-order valence-corrected chi connectivity index (χ4v) is 1.99. The molecule has 0 amide bonds. The molecule has 0 saturated heterocycles. The minimum absolute atomic E-state index is 0.112. The number of anilines is 1. The summed E-state index contributed by atoms with van der Waals surface area (Å²) in [5.41, 5.74) is 2.85. The molecule has 96 valence electrons. The van der Waals surface area contributed by atoms with Crippen molar-refractivity contribution in [2.24, 2.45) is 0 Å². The molecule has 2 rings (SSSR count). The molecule has 0 aliphatic heterocycles. The molecule has 0 aliphatic carbocycles. The number of aromatic amines is 1. The van der Waals surface area contributed by atoms with Crippen LogP contribution in [-0.4, -0.2) is 10.2 Å². The van der Waals surface area contributed by atoms with E-state index in [4.69, 9.17) is 0 Å². The summed E-state index contributed by atoms with van der Waals surface area (Å²) in [6, 6.07) is 2.23. The molecule has 1 aromatic carbocycles. The molecule has 0 saturated carbocycles. The van der Waals surface area contributed by atoms with Crippen molar-refractivity contribution in [1.82, 2.24) is 10.2 Å². The summed E-state index contributed by atoms with van der Waals surface area (Å²) < 4.78 is 27.0. The van der Waals surface area contributed by atoms with Crippen LogP contribution in [0.2, 0.25) is 0 Å². The van der Waals surface area contributed by atoms with Gasteiger partial charge in [-0.3, -0.25) is 5.10 Å². The summed E-state index contributed by atoms with van der Waals surface area (Å²) in [7, 11) is 0. The number of aryl methyl sites for hydroxylation is 2. The zero-order valence-electron chi connectivity index (χ0n) is 9.94. The van der Waals surface area contributed by atoms with Gasteiger partial charge in [-0.15, -0.1) is 0 Å². The molecule has 2 aromatic rings. The highest BCUT2D eigenvalue weighted by Crippen LogP contribution is 2.24. The third kappa shape index (κ3) is 2.53. The van der Waals surface area contributed by atoms with Crippen LogP contribution in [-0.2, 0) is 6.54 Å². The van der Waals surface area contributed by atoms with Gasteiger partial charge >= 0.3 is 0 Å². The van der Waals surface area contributed by atoms with Crippen LogP contribution in [0.4, 0.5) is 14.5 Å². The molecule has 0 atom stereocenters. The monoisotopic (exact) mass is 315 g/mol. The Labute approximate surface area is 112 Å². The fraction of sp³-hybridized carbons (Fsp3) is 0.250. The van der Waals surface area contributed by atoms with Gasteiger partial charge in [-0.05, 0) is 35.8 Å². The van der Waals surface area contributed by atoms with E-state index in [9.17, 15) is 8.78 Å². The topological polar surface area (TPSA) is 40.7 Å². The Morgan fingerprint density at radius 1 is 1.28 bits per heavy atom. The van der Waals surface area contributed by atoms with Crippen molar-refractivity contribution in [3.8, 4) is 0 Å². The van der Waals surface area contributed by atoms with E-state index < -0.39 is 11.6 Å². The second-order valence-corrected chi connectivity index (χ2v) is 4.87. The van der Waals surface area contributed by atoms with Gasteiger partial charge in [0.25, 0.3) is 0 Å². The van der Waals surface area contributed by atoms with E-state index in [2.05, 4.69) is 31.4 Å². The molecular formula is C12H12BrF2N3. The van der Waals surface area contributed by atoms with Crippen LogP contribution in [0.3, 0.4) is 0 Å². The molecule has 6 heteroatoms. The highest BCUT2D eigenvalue weighted by Gasteiger charge is 2.10. The number of halogens is 3. The van der Waals surface area contributed by atoms with Gasteiger partial charge in [-0.25, -0.2) is 8.78 Å². The largest absolute Gasteiger partial charge is 0.378 e. The Morgan fingerprint density at radius 2 is 2.00 bits per heavy atom. The summed E-state index contributed by atoms with van der Waals surface area (Å²) in [5.74, 6) is -0.999. The van der Waals surface area contributed by atoms with Crippen LogP contribution in [0, 0.1) is 25.5 Å². The number of H-pyrrole nitrogens is 1. The van der Waals surface area contributed by atoms with Gasteiger partial charge in [-0.1, -0.05) is 0 Å². The van der Waals surface area contributed by atoms with Crippen molar-refractivity contribution >= 4 is 21.6 Å². The maximum Gasteiger partial charge on any atom is 0.147 e. The highest BCUT2D eigenvalue weighted by atomic mass is 79.9. The van der Waals surface area contributed by atoms with E-state index in [1.807, 2.05) is 13.8 Å². The van der Waals surface area contributed by atoms with Crippen LogP contribution in [0.5, 0.6) is 0 Å². The Bertz CT molecular complexity index is 561. The number of benzene rings is 1. The van der Waals surface area contributed by atoms with Gasteiger partial charge in [0.2, 0.25) is 0 Å². The first kappa shape index (κ1) is 13.0. The van der Waals surface area contributed by atoms with Crippen LogP contribution in [0.1, 0.15) is 17.0 Å². The van der Waals surface area contributed by atoms with Crippen molar-refractivity contribution in [3.05, 3.63) is 45.2 Å². The van der Waals surface area contributed by atoms with Gasteiger partial charge < -0.3 is 5.32 Å². The normalized spacial score (nSPS) is 10.7. The minimum Gasteiger partial charge on any atom is -0.378 e. The first-order valence-corrected chi connectivity index (χ1v) is 6.17. The molecule has 0 fully saturated rings. The van der Waals surface area contributed by atoms with Gasteiger partial charge in [0, 0.05) is 23.9 Å². The van der Waals surface area contributed by atoms with Gasteiger partial charge in [-0.2, -0.15) is 5.10 Å². The minimum atomic E-state index is -0.500. The summed E-state index contributed by atoms with van der Waals surface area (Å²) in [5, 5.41) is 9.75. The Kier molecular flexibility index (Phi) is 3.65. The lowest BCUT2D eigenvalue weighted by Crippen LogP contribution is -2.04. The van der Waals surface area contributed by atoms with E-state index >= 15 is 0 Å². The average molecular weight is 316 g/mol. The van der Waals surface area contributed by atoms with Crippen LogP contribution >= 0.6 is 15.9 Å². The van der Waals surface area contributed by atoms with E-state index in [-0.39, 0.29) is 10.2 Å². The second-order valence-electron chi connectivity index (χ2n) is 4.01. The number of nitrogens with zero attached hydrogens (tertiary/aromatic N) is 1. The predicted octanol–water partition coefficient (Wildman–Crippen LogP) is 3.68. The molecule has 2 N–H and O–H groups in total. The number of nitrogens with one attached hydrogen (secondary N) is 2. The average Bonchev–Trinajstić information content (AvgIpc) is 2.62. The summed E-state index contributed by atoms with van der Waals surface area (Å²) in [4.78, 5) is 0. The zero-order chi connectivity index (χ0) is 13.3. The number of rotatable bonds is 3. The van der Waals surface area contributed by atoms with Gasteiger partial charge in [0.05, 0.1) is 15.9 Å². The van der Waals surface area contributed by atoms with Gasteiger partial charge in [0.15, 0.2) is 0 Å². The van der Waals surface area contributed by atoms with Crippen molar-refractivity contribution in [2.75, 3.05) is 5.32 Å². The first-order valence-electron chi connectivity index (χ1n) is 5.38. The third-order valence-electron chi connectivity index (χ3n) is 2.75. The third-order valence-corrected chi connectivity index (χ3v) is 3.35. The zero-order valence-corrected chi connectivity index (χ0v) is 11.5. The van der Waals surface area contributed by atoms with Crippen molar-refractivity contribution in [3.63, 3.8) is 0 Å². The number of hydrogen-bond donors (Lipinski definition) is 2. The molecule has 0 aliphatic rings. The molecule has 1 heterocycles. The number of hydrogen-bond acceptors (Lipinski definition) is 2. The van der Waals surface area contributed by atoms with E-state index in [0.29, 0.717) is 6.54 Å². The quantitative estimate of drug-likeness (QED) is 0.848. The molecule has 1 aromatic heterocycles. The molecule has 0 radical (unpaired) electrons. The standard InChI is InChI=1S/C12H12BrF2N3/c1-6-8(7(2)18-17-6)5-16-12-4-10(14)9(13)3-11(12)15/h3-4,16H,5H2,1-2H3,(H,17,18). The lowest BCUT2D eigenvalue weighted by molar-refractivity contribution is 0.596. The molecule has 0 unspecified atom stereocenters. The molecule has 3 nitrogen and oxygen atoms in total. The van der Waals surface area contributed by atoms with Crippen LogP contribution in [0.15, 0.2) is 16.6 Å². The predicted molar refractivity (Wildman–Crippen MR) is 69.4 cm³/mol. The second kappa shape index (κ2) is 5.06. The molecular weight excluding hydrogens is 304 g/mol. The van der Waals surface area contributed by atoms with Gasteiger partial charge in [0.1, 0.15) is 11.6 Å². The molecule has 18 heavy (non-hydrogen) atoms. The fourth-order valence-electron chi connectivity index (χ4n) is 1.68. The lowest BCUT2D eigenvalue weighted by Gasteiger charge is -2.08. The lowest BCUT2D eigenvalue weighted by atomic mass is 10.2. The molecule has 0 bridgehead atoms. The summed E-state index contributed by atoms with van der Waals surface area (Å²) in [6.07, 6.45) is 0. The van der Waals surface area contributed by atoms with Crippen molar-refractivity contribution < 1.29 is 8.78 Å². The Balaban J connectivity index is 2.18. The SMILES string of the molecule is Cc1n[nH]c(C)c1CNc1cc(F)c(Br)cc1F. The summed E-state index contributed by atoms with van der Waals surface area (Å²) in [6.45, 7) is 4.14. The maximum atomic E-state index is 13.6. The van der Waals surface area contributed by atoms with Crippen molar-refractivity contribution in [1.29, 1.82) is 0 Å². The number of aromatic nitrogens is 2.